The fourth-order valence-corrected chi connectivity index (χ4v) is 4.89. The normalized spacial score (nSPS) is 13.3. The zero-order chi connectivity index (χ0) is 17.6. The van der Waals surface area contributed by atoms with Crippen molar-refractivity contribution >= 4 is 39.5 Å². The predicted octanol–water partition coefficient (Wildman–Crippen LogP) is 3.59. The Morgan fingerprint density at radius 2 is 2.12 bits per heavy atom. The van der Waals surface area contributed by atoms with Crippen LogP contribution in [0.3, 0.4) is 0 Å². The van der Waals surface area contributed by atoms with Gasteiger partial charge in [-0.15, -0.1) is 22.7 Å². The summed E-state index contributed by atoms with van der Waals surface area (Å²) in [6.45, 7) is 0.884. The van der Waals surface area contributed by atoms with E-state index in [1.54, 1.807) is 29.8 Å². The van der Waals surface area contributed by atoms with E-state index in [0.29, 0.717) is 23.7 Å². The Labute approximate surface area is 155 Å². The highest BCUT2D eigenvalue weighted by Crippen LogP contribution is 2.38. The molecule has 0 aliphatic heterocycles. The highest BCUT2D eigenvalue weighted by atomic mass is 32.1. The summed E-state index contributed by atoms with van der Waals surface area (Å²) in [5, 5.41) is 8.59. The summed E-state index contributed by atoms with van der Waals surface area (Å²) < 4.78 is 4.95. The summed E-state index contributed by atoms with van der Waals surface area (Å²) >= 11 is 3.16. The monoisotopic (exact) mass is 378 g/mol. The Morgan fingerprint density at radius 1 is 1.28 bits per heavy atom. The summed E-state index contributed by atoms with van der Waals surface area (Å²) in [6.07, 6.45) is 4.41. The van der Waals surface area contributed by atoms with E-state index in [0.717, 1.165) is 36.1 Å². The number of hydrogen-bond donors (Lipinski definition) is 2. The molecule has 2 aromatic rings. The van der Waals surface area contributed by atoms with Crippen molar-refractivity contribution in [2.24, 2.45) is 0 Å². The lowest BCUT2D eigenvalue weighted by Crippen LogP contribution is -2.25. The third-order valence-electron chi connectivity index (χ3n) is 4.19. The van der Waals surface area contributed by atoms with Crippen LogP contribution in [0.4, 0.5) is 5.00 Å². The van der Waals surface area contributed by atoms with Gasteiger partial charge in [0.05, 0.1) is 25.1 Å². The Bertz CT molecular complexity index is 738. The summed E-state index contributed by atoms with van der Waals surface area (Å²) in [4.78, 5) is 27.2. The minimum Gasteiger partial charge on any atom is -0.384 e. The predicted molar refractivity (Wildman–Crippen MR) is 102 cm³/mol. The molecule has 134 valence electrons. The number of thiophene rings is 2. The zero-order valence-corrected chi connectivity index (χ0v) is 15.9. The number of hydrogen-bond acceptors (Lipinski definition) is 5. The number of carbonyl (C=O) groups is 2. The van der Waals surface area contributed by atoms with Crippen molar-refractivity contribution in [3.63, 3.8) is 0 Å². The smallest absolute Gasteiger partial charge is 0.254 e. The second-order valence-electron chi connectivity index (χ2n) is 5.97. The first-order valence-corrected chi connectivity index (χ1v) is 10.1. The van der Waals surface area contributed by atoms with E-state index < -0.39 is 0 Å². The van der Waals surface area contributed by atoms with Gasteiger partial charge in [-0.1, -0.05) is 6.07 Å². The minimum atomic E-state index is -0.118. The second kappa shape index (κ2) is 8.60. The first-order chi connectivity index (χ1) is 12.2. The highest BCUT2D eigenvalue weighted by molar-refractivity contribution is 7.17. The van der Waals surface area contributed by atoms with E-state index in [4.69, 9.17) is 4.74 Å². The van der Waals surface area contributed by atoms with Crippen LogP contribution in [-0.2, 0) is 28.9 Å². The van der Waals surface area contributed by atoms with E-state index in [1.165, 1.54) is 4.88 Å². The molecule has 2 heterocycles. The molecular weight excluding hydrogens is 356 g/mol. The first kappa shape index (κ1) is 18.1. The number of nitrogens with one attached hydrogen (secondary N) is 2. The average molecular weight is 379 g/mol. The van der Waals surface area contributed by atoms with Crippen molar-refractivity contribution in [1.82, 2.24) is 5.32 Å². The van der Waals surface area contributed by atoms with Gasteiger partial charge in [-0.05, 0) is 42.7 Å². The number of ether oxygens (including phenoxy) is 1. The van der Waals surface area contributed by atoms with Crippen LogP contribution in [-0.4, -0.2) is 25.5 Å². The molecule has 1 aliphatic rings. The summed E-state index contributed by atoms with van der Waals surface area (Å²) in [7, 11) is 1.57. The Hall–Kier alpha value is -1.70. The van der Waals surface area contributed by atoms with Crippen LogP contribution in [0.25, 0.3) is 0 Å². The molecule has 7 heteroatoms. The van der Waals surface area contributed by atoms with Crippen molar-refractivity contribution in [2.45, 2.75) is 38.6 Å². The van der Waals surface area contributed by atoms with Crippen LogP contribution in [0.2, 0.25) is 0 Å². The van der Waals surface area contributed by atoms with Gasteiger partial charge in [-0.3, -0.25) is 9.59 Å². The van der Waals surface area contributed by atoms with Crippen LogP contribution in [0.5, 0.6) is 0 Å². The topological polar surface area (TPSA) is 67.4 Å². The molecule has 2 aromatic heterocycles. The molecule has 0 aromatic carbocycles. The number of fused-ring (bicyclic) bond motifs is 1. The SMILES string of the molecule is COCCC(=O)Nc1sc2c(c1C(=O)NCc1cccs1)CCCC2. The lowest BCUT2D eigenvalue weighted by molar-refractivity contribution is -0.117. The summed E-state index contributed by atoms with van der Waals surface area (Å²) in [5.74, 6) is -0.220. The van der Waals surface area contributed by atoms with Crippen molar-refractivity contribution in [3.05, 3.63) is 38.4 Å². The molecule has 0 saturated heterocycles. The van der Waals surface area contributed by atoms with Crippen molar-refractivity contribution in [1.29, 1.82) is 0 Å². The van der Waals surface area contributed by atoms with Gasteiger partial charge in [0.25, 0.3) is 5.91 Å². The first-order valence-electron chi connectivity index (χ1n) is 8.43. The molecule has 0 unspecified atom stereocenters. The highest BCUT2D eigenvalue weighted by Gasteiger charge is 2.26. The number of rotatable bonds is 7. The number of aryl methyl sites for hydroxylation is 1. The van der Waals surface area contributed by atoms with Gasteiger partial charge in [0.1, 0.15) is 5.00 Å². The van der Waals surface area contributed by atoms with E-state index in [2.05, 4.69) is 10.6 Å². The molecule has 25 heavy (non-hydrogen) atoms. The lowest BCUT2D eigenvalue weighted by atomic mass is 9.95. The molecule has 2 amide bonds. The fourth-order valence-electron chi connectivity index (χ4n) is 2.95. The van der Waals surface area contributed by atoms with E-state index in [-0.39, 0.29) is 18.2 Å². The Morgan fingerprint density at radius 3 is 2.88 bits per heavy atom. The third-order valence-corrected chi connectivity index (χ3v) is 6.27. The van der Waals surface area contributed by atoms with Crippen LogP contribution in [0, 0.1) is 0 Å². The van der Waals surface area contributed by atoms with Gasteiger partial charge >= 0.3 is 0 Å². The average Bonchev–Trinajstić information content (AvgIpc) is 3.25. The zero-order valence-electron chi connectivity index (χ0n) is 14.2. The molecule has 3 rings (SSSR count). The Kier molecular flexibility index (Phi) is 6.23. The van der Waals surface area contributed by atoms with Crippen molar-refractivity contribution in [3.8, 4) is 0 Å². The molecule has 0 fully saturated rings. The number of anilines is 1. The molecule has 0 radical (unpaired) electrons. The maximum absolute atomic E-state index is 12.8. The molecule has 0 atom stereocenters. The van der Waals surface area contributed by atoms with Crippen LogP contribution in [0.15, 0.2) is 17.5 Å². The van der Waals surface area contributed by atoms with Crippen LogP contribution >= 0.6 is 22.7 Å². The largest absolute Gasteiger partial charge is 0.384 e. The van der Waals surface area contributed by atoms with E-state index >= 15 is 0 Å². The fraction of sp³-hybridized carbons (Fsp3) is 0.444. The molecule has 0 saturated carbocycles. The van der Waals surface area contributed by atoms with Gasteiger partial charge in [0.15, 0.2) is 0 Å². The molecule has 0 spiro atoms. The van der Waals surface area contributed by atoms with Gasteiger partial charge in [0.2, 0.25) is 5.91 Å². The van der Waals surface area contributed by atoms with E-state index in [1.807, 2.05) is 17.5 Å². The molecular formula is C18H22N2O3S2. The van der Waals surface area contributed by atoms with Crippen molar-refractivity contribution < 1.29 is 14.3 Å². The summed E-state index contributed by atoms with van der Waals surface area (Å²) in [5.41, 5.74) is 1.77. The van der Waals surface area contributed by atoms with Gasteiger partial charge in [-0.25, -0.2) is 0 Å². The third kappa shape index (κ3) is 4.48. The van der Waals surface area contributed by atoms with Gasteiger partial charge < -0.3 is 15.4 Å². The molecule has 5 nitrogen and oxygen atoms in total. The molecule has 1 aliphatic carbocycles. The van der Waals surface area contributed by atoms with Crippen LogP contribution < -0.4 is 10.6 Å². The number of carbonyl (C=O) groups excluding carboxylic acids is 2. The van der Waals surface area contributed by atoms with Crippen molar-refractivity contribution in [2.75, 3.05) is 19.0 Å². The number of methoxy groups -OCH3 is 1. The molecule has 0 bridgehead atoms. The second-order valence-corrected chi connectivity index (χ2v) is 8.11. The quantitative estimate of drug-likeness (QED) is 0.774. The standard InChI is InChI=1S/C18H22N2O3S2/c1-23-9-8-15(21)20-18-16(13-6-2-3-7-14(13)25-18)17(22)19-11-12-5-4-10-24-12/h4-5,10H,2-3,6-9,11H2,1H3,(H,19,22)(H,20,21). The van der Waals surface area contributed by atoms with Gasteiger partial charge in [-0.2, -0.15) is 0 Å². The van der Waals surface area contributed by atoms with Gasteiger partial charge in [0, 0.05) is 16.9 Å². The lowest BCUT2D eigenvalue weighted by Gasteiger charge is -2.13. The molecule has 2 N–H and O–H groups in total. The number of amides is 2. The van der Waals surface area contributed by atoms with Crippen LogP contribution in [0.1, 0.15) is 44.9 Å². The Balaban J connectivity index is 1.78. The summed E-state index contributed by atoms with van der Waals surface area (Å²) in [6, 6.07) is 3.97. The minimum absolute atomic E-state index is 0.102. The maximum Gasteiger partial charge on any atom is 0.254 e. The maximum atomic E-state index is 12.8. The van der Waals surface area contributed by atoms with E-state index in [9.17, 15) is 9.59 Å².